The van der Waals surface area contributed by atoms with E-state index >= 15 is 0 Å². The van der Waals surface area contributed by atoms with E-state index in [1.54, 1.807) is 0 Å². The van der Waals surface area contributed by atoms with Crippen molar-refractivity contribution in [2.75, 3.05) is 4.72 Å². The molecule has 1 aromatic carbocycles. The maximum atomic E-state index is 12.2. The van der Waals surface area contributed by atoms with Crippen LogP contribution in [-0.4, -0.2) is 24.5 Å². The minimum Gasteiger partial charge on any atom is -0.288 e. The van der Waals surface area contributed by atoms with Gasteiger partial charge >= 0.3 is 0 Å². The van der Waals surface area contributed by atoms with Gasteiger partial charge in [-0.2, -0.15) is 0 Å². The molecular formula is C13H11Cl2N3O4S. The number of anilines is 1. The van der Waals surface area contributed by atoms with Crippen molar-refractivity contribution < 1.29 is 18.4 Å². The molecule has 0 fully saturated rings. The monoisotopic (exact) mass is 375 g/mol. The van der Waals surface area contributed by atoms with Gasteiger partial charge in [0.25, 0.3) is 5.91 Å². The lowest BCUT2D eigenvalue weighted by atomic mass is 10.2. The molecule has 0 saturated carbocycles. The van der Waals surface area contributed by atoms with Crippen LogP contribution in [0.5, 0.6) is 0 Å². The molecule has 0 spiro atoms. The van der Waals surface area contributed by atoms with Crippen LogP contribution < -0.4 is 10.2 Å². The smallest absolute Gasteiger partial charge is 0.288 e. The molecule has 0 radical (unpaired) electrons. The molecule has 0 saturated heterocycles. The zero-order valence-electron chi connectivity index (χ0n) is 11.5. The topological polar surface area (TPSA) is 108 Å². The van der Waals surface area contributed by atoms with Crippen LogP contribution in [0.25, 0.3) is 0 Å². The number of amides is 1. The average Bonchev–Trinajstić information content (AvgIpc) is 2.44. The maximum Gasteiger partial charge on any atom is 0.293 e. The van der Waals surface area contributed by atoms with E-state index in [1.807, 2.05) is 0 Å². The Morgan fingerprint density at radius 1 is 1.17 bits per heavy atom. The van der Waals surface area contributed by atoms with Gasteiger partial charge in [0.05, 0.1) is 11.4 Å². The van der Waals surface area contributed by atoms with E-state index in [4.69, 9.17) is 28.4 Å². The van der Waals surface area contributed by atoms with Gasteiger partial charge in [0.15, 0.2) is 0 Å². The first-order chi connectivity index (χ1) is 10.8. The Hall–Kier alpha value is -1.87. The normalized spacial score (nSPS) is 11.1. The van der Waals surface area contributed by atoms with E-state index in [0.29, 0.717) is 15.6 Å². The van der Waals surface area contributed by atoms with E-state index < -0.39 is 15.9 Å². The summed E-state index contributed by atoms with van der Waals surface area (Å²) in [6.45, 7) is 0. The molecule has 3 N–H and O–H groups in total. The van der Waals surface area contributed by atoms with Crippen molar-refractivity contribution in [3.8, 4) is 0 Å². The number of benzene rings is 1. The van der Waals surface area contributed by atoms with Crippen molar-refractivity contribution in [1.29, 1.82) is 0 Å². The molecule has 2 aromatic rings. The van der Waals surface area contributed by atoms with Gasteiger partial charge in [-0.05, 0) is 35.9 Å². The predicted molar refractivity (Wildman–Crippen MR) is 86.2 cm³/mol. The summed E-state index contributed by atoms with van der Waals surface area (Å²) in [6.07, 6.45) is 1.23. The van der Waals surface area contributed by atoms with Crippen molar-refractivity contribution in [2.24, 2.45) is 0 Å². The molecule has 122 valence electrons. The summed E-state index contributed by atoms with van der Waals surface area (Å²) >= 11 is 11.7. The number of halogens is 2. The van der Waals surface area contributed by atoms with Crippen LogP contribution in [0.15, 0.2) is 36.5 Å². The van der Waals surface area contributed by atoms with Crippen LogP contribution in [0, 0.1) is 0 Å². The lowest BCUT2D eigenvalue weighted by molar-refractivity contribution is 0.0701. The molecule has 0 aliphatic rings. The van der Waals surface area contributed by atoms with Crippen LogP contribution in [0.3, 0.4) is 0 Å². The summed E-state index contributed by atoms with van der Waals surface area (Å²) in [7, 11) is -3.76. The van der Waals surface area contributed by atoms with Crippen LogP contribution in [0.1, 0.15) is 16.1 Å². The van der Waals surface area contributed by atoms with Crippen LogP contribution in [0.4, 0.5) is 5.69 Å². The lowest BCUT2D eigenvalue weighted by Gasteiger charge is -2.09. The largest absolute Gasteiger partial charge is 0.293 e. The van der Waals surface area contributed by atoms with Gasteiger partial charge in [-0.15, -0.1) is 0 Å². The summed E-state index contributed by atoms with van der Waals surface area (Å²) in [5, 5.41) is 9.21. The molecule has 0 atom stereocenters. The highest BCUT2D eigenvalue weighted by atomic mass is 35.5. The number of nitrogens with zero attached hydrogens (tertiary/aromatic N) is 1. The van der Waals surface area contributed by atoms with E-state index in [-0.39, 0.29) is 17.1 Å². The van der Waals surface area contributed by atoms with Gasteiger partial charge in [-0.3, -0.25) is 19.7 Å². The number of sulfonamides is 1. The van der Waals surface area contributed by atoms with Crippen molar-refractivity contribution in [3.05, 3.63) is 57.8 Å². The third-order valence-corrected chi connectivity index (χ3v) is 4.34. The van der Waals surface area contributed by atoms with E-state index in [1.165, 1.54) is 42.0 Å². The fourth-order valence-electron chi connectivity index (χ4n) is 1.80. The third kappa shape index (κ3) is 5.07. The van der Waals surface area contributed by atoms with E-state index in [2.05, 4.69) is 9.71 Å². The van der Waals surface area contributed by atoms with Crippen molar-refractivity contribution in [1.82, 2.24) is 10.5 Å². The number of nitrogens with one attached hydrogen (secondary N) is 2. The fraction of sp³-hybridized carbons (Fsp3) is 0.0769. The molecule has 0 unspecified atom stereocenters. The zero-order valence-corrected chi connectivity index (χ0v) is 13.8. The van der Waals surface area contributed by atoms with Crippen LogP contribution in [-0.2, 0) is 15.8 Å². The summed E-state index contributed by atoms with van der Waals surface area (Å²) < 4.78 is 26.7. The van der Waals surface area contributed by atoms with Gasteiger partial charge in [0.1, 0.15) is 5.69 Å². The number of rotatable bonds is 5. The van der Waals surface area contributed by atoms with Gasteiger partial charge in [-0.25, -0.2) is 13.9 Å². The van der Waals surface area contributed by atoms with Crippen molar-refractivity contribution >= 4 is 44.8 Å². The second-order valence-corrected chi connectivity index (χ2v) is 7.10. The number of aromatic nitrogens is 1. The SMILES string of the molecule is O=C(NO)c1cc(NS(=O)(=O)Cc2cc(Cl)cc(Cl)c2)ccn1. The Morgan fingerprint density at radius 2 is 1.83 bits per heavy atom. The Morgan fingerprint density at radius 3 is 2.43 bits per heavy atom. The number of hydroxylamine groups is 1. The molecule has 1 heterocycles. The molecule has 0 bridgehead atoms. The highest BCUT2D eigenvalue weighted by Gasteiger charge is 2.14. The number of pyridine rings is 1. The van der Waals surface area contributed by atoms with Gasteiger partial charge in [0.2, 0.25) is 10.0 Å². The Labute approximate surface area is 142 Å². The summed E-state index contributed by atoms with van der Waals surface area (Å²) in [4.78, 5) is 15.0. The zero-order chi connectivity index (χ0) is 17.0. The number of carbonyl (C=O) groups is 1. The minimum absolute atomic E-state index is 0.131. The first kappa shape index (κ1) is 17.5. The Balaban J connectivity index is 2.19. The average molecular weight is 376 g/mol. The van der Waals surface area contributed by atoms with Gasteiger partial charge in [-0.1, -0.05) is 23.2 Å². The van der Waals surface area contributed by atoms with E-state index in [0.717, 1.165) is 0 Å². The number of carbonyl (C=O) groups excluding carboxylic acids is 1. The molecule has 2 rings (SSSR count). The van der Waals surface area contributed by atoms with E-state index in [9.17, 15) is 13.2 Å². The highest BCUT2D eigenvalue weighted by molar-refractivity contribution is 7.91. The molecule has 0 aliphatic carbocycles. The first-order valence-electron chi connectivity index (χ1n) is 6.15. The molecule has 1 aromatic heterocycles. The first-order valence-corrected chi connectivity index (χ1v) is 8.56. The molecule has 1 amide bonds. The summed E-state index contributed by atoms with van der Waals surface area (Å²) in [5.74, 6) is -1.20. The second-order valence-electron chi connectivity index (χ2n) is 4.51. The number of hydrogen-bond acceptors (Lipinski definition) is 5. The molecular weight excluding hydrogens is 365 g/mol. The summed E-state index contributed by atoms with van der Waals surface area (Å²) in [6, 6.07) is 7.04. The van der Waals surface area contributed by atoms with Crippen molar-refractivity contribution in [3.63, 3.8) is 0 Å². The van der Waals surface area contributed by atoms with Crippen LogP contribution in [0.2, 0.25) is 10.0 Å². The number of hydrogen-bond donors (Lipinski definition) is 3. The fourth-order valence-corrected chi connectivity index (χ4v) is 3.54. The quantitative estimate of drug-likeness (QED) is 0.549. The van der Waals surface area contributed by atoms with Gasteiger partial charge < -0.3 is 0 Å². The Bertz CT molecular complexity index is 823. The standard InChI is InChI=1S/C13H11Cl2N3O4S/c14-9-3-8(4-10(15)5-9)7-23(21,22)18-11-1-2-16-12(6-11)13(19)17-20/h1-6,20H,7H2,(H,16,18)(H,17,19). The second kappa shape index (κ2) is 7.14. The molecule has 23 heavy (non-hydrogen) atoms. The Kier molecular flexibility index (Phi) is 5.42. The maximum absolute atomic E-state index is 12.2. The minimum atomic E-state index is -3.76. The molecule has 7 nitrogen and oxygen atoms in total. The van der Waals surface area contributed by atoms with Crippen molar-refractivity contribution in [2.45, 2.75) is 5.75 Å². The van der Waals surface area contributed by atoms with Gasteiger partial charge in [0, 0.05) is 16.2 Å². The predicted octanol–water partition coefficient (Wildman–Crippen LogP) is 2.45. The molecule has 0 aliphatic heterocycles. The third-order valence-electron chi connectivity index (χ3n) is 2.65. The molecule has 10 heteroatoms. The van der Waals surface area contributed by atoms with Crippen LogP contribution >= 0.6 is 23.2 Å². The lowest BCUT2D eigenvalue weighted by Crippen LogP contribution is -2.21. The summed E-state index contributed by atoms with van der Waals surface area (Å²) in [5.41, 5.74) is 1.82. The highest BCUT2D eigenvalue weighted by Crippen LogP contribution is 2.21.